The summed E-state index contributed by atoms with van der Waals surface area (Å²) >= 11 is 0. The third-order valence-corrected chi connectivity index (χ3v) is 2.10. The molecule has 2 aromatic carbocycles. The maximum Gasteiger partial charge on any atom is 0.139 e. The summed E-state index contributed by atoms with van der Waals surface area (Å²) in [5, 5.41) is 10.6. The average Bonchev–Trinajstić information content (AvgIpc) is 2.18. The van der Waals surface area contributed by atoms with E-state index in [1.807, 2.05) is 0 Å². The van der Waals surface area contributed by atoms with Crippen molar-refractivity contribution in [1.82, 2.24) is 0 Å². The standard InChI is InChI=1S/C12H7FO/c1-2-10-11-5-4-9(14)7-8(11)3-6-12(10)13/h1,3-7,14H. The maximum absolute atomic E-state index is 13.2. The Morgan fingerprint density at radius 1 is 1.21 bits per heavy atom. The molecule has 0 atom stereocenters. The Morgan fingerprint density at radius 3 is 2.71 bits per heavy atom. The second-order valence-corrected chi connectivity index (χ2v) is 2.97. The van der Waals surface area contributed by atoms with Gasteiger partial charge in [-0.1, -0.05) is 12.0 Å². The molecule has 2 heteroatoms. The fourth-order valence-corrected chi connectivity index (χ4v) is 1.44. The molecule has 0 spiro atoms. The molecule has 68 valence electrons. The second-order valence-electron chi connectivity index (χ2n) is 2.97. The number of hydrogen-bond donors (Lipinski definition) is 1. The lowest BCUT2D eigenvalue weighted by Gasteiger charge is -2.02. The summed E-state index contributed by atoms with van der Waals surface area (Å²) in [4.78, 5) is 0. The zero-order valence-corrected chi connectivity index (χ0v) is 7.29. The van der Waals surface area contributed by atoms with Crippen LogP contribution in [0.5, 0.6) is 5.75 Å². The number of aromatic hydroxyl groups is 1. The van der Waals surface area contributed by atoms with E-state index in [-0.39, 0.29) is 11.3 Å². The summed E-state index contributed by atoms with van der Waals surface area (Å²) in [6.07, 6.45) is 5.20. The number of fused-ring (bicyclic) bond motifs is 1. The molecule has 0 fully saturated rings. The minimum Gasteiger partial charge on any atom is -0.508 e. The van der Waals surface area contributed by atoms with Gasteiger partial charge in [-0.2, -0.15) is 0 Å². The molecule has 2 aromatic rings. The summed E-state index contributed by atoms with van der Waals surface area (Å²) in [6.45, 7) is 0. The molecule has 0 aliphatic carbocycles. The highest BCUT2D eigenvalue weighted by Gasteiger charge is 2.04. The van der Waals surface area contributed by atoms with Crippen LogP contribution in [0.1, 0.15) is 5.56 Å². The second kappa shape index (κ2) is 3.04. The minimum atomic E-state index is -0.411. The van der Waals surface area contributed by atoms with E-state index in [0.29, 0.717) is 5.39 Å². The number of hydrogen-bond acceptors (Lipinski definition) is 1. The predicted octanol–water partition coefficient (Wildman–Crippen LogP) is 2.67. The first-order valence-corrected chi connectivity index (χ1v) is 4.10. The summed E-state index contributed by atoms with van der Waals surface area (Å²) < 4.78 is 13.2. The molecule has 1 N–H and O–H groups in total. The van der Waals surface area contributed by atoms with E-state index in [2.05, 4.69) is 5.92 Å². The van der Waals surface area contributed by atoms with E-state index in [4.69, 9.17) is 6.42 Å². The van der Waals surface area contributed by atoms with Gasteiger partial charge in [-0.15, -0.1) is 6.42 Å². The molecule has 0 bridgehead atoms. The van der Waals surface area contributed by atoms with Crippen molar-refractivity contribution in [2.45, 2.75) is 0 Å². The molecule has 2 rings (SSSR count). The Balaban J connectivity index is 2.90. The summed E-state index contributed by atoms with van der Waals surface area (Å²) in [5.74, 6) is 2.04. The minimum absolute atomic E-state index is 0.145. The van der Waals surface area contributed by atoms with Gasteiger partial charge in [-0.3, -0.25) is 0 Å². The fourth-order valence-electron chi connectivity index (χ4n) is 1.44. The zero-order chi connectivity index (χ0) is 10.1. The van der Waals surface area contributed by atoms with Crippen LogP contribution in [0.4, 0.5) is 4.39 Å². The van der Waals surface area contributed by atoms with Crippen LogP contribution < -0.4 is 0 Å². The van der Waals surface area contributed by atoms with Gasteiger partial charge in [-0.25, -0.2) is 4.39 Å². The molecule has 14 heavy (non-hydrogen) atoms. The van der Waals surface area contributed by atoms with Crippen molar-refractivity contribution in [1.29, 1.82) is 0 Å². The normalized spacial score (nSPS) is 10.0. The Morgan fingerprint density at radius 2 is 2.00 bits per heavy atom. The van der Waals surface area contributed by atoms with Crippen LogP contribution in [-0.4, -0.2) is 5.11 Å². The van der Waals surface area contributed by atoms with Crippen LogP contribution in [0.2, 0.25) is 0 Å². The van der Waals surface area contributed by atoms with E-state index in [0.717, 1.165) is 5.39 Å². The van der Waals surface area contributed by atoms with Gasteiger partial charge in [0.15, 0.2) is 0 Å². The Bertz CT molecular complexity index is 538. The first kappa shape index (κ1) is 8.58. The molecule has 0 saturated heterocycles. The van der Waals surface area contributed by atoms with E-state index in [1.54, 1.807) is 18.2 Å². The lowest BCUT2D eigenvalue weighted by molar-refractivity contribution is 0.476. The number of benzene rings is 2. The van der Waals surface area contributed by atoms with Gasteiger partial charge < -0.3 is 5.11 Å². The highest BCUT2D eigenvalue weighted by Crippen LogP contribution is 2.24. The van der Waals surface area contributed by atoms with Gasteiger partial charge in [0.25, 0.3) is 0 Å². The van der Waals surface area contributed by atoms with Crippen LogP contribution in [0.15, 0.2) is 30.3 Å². The van der Waals surface area contributed by atoms with Crippen molar-refractivity contribution in [3.63, 3.8) is 0 Å². The van der Waals surface area contributed by atoms with E-state index < -0.39 is 5.82 Å². The van der Waals surface area contributed by atoms with Gasteiger partial charge in [0.05, 0.1) is 5.56 Å². The number of phenolic OH excluding ortho intramolecular Hbond substituents is 1. The third-order valence-electron chi connectivity index (χ3n) is 2.10. The Labute approximate surface area is 80.8 Å². The molecule has 0 aromatic heterocycles. The molecule has 0 heterocycles. The smallest absolute Gasteiger partial charge is 0.139 e. The first-order valence-electron chi connectivity index (χ1n) is 4.10. The van der Waals surface area contributed by atoms with Crippen molar-refractivity contribution in [2.24, 2.45) is 0 Å². The number of phenols is 1. The summed E-state index contributed by atoms with van der Waals surface area (Å²) in [5.41, 5.74) is 0.238. The monoisotopic (exact) mass is 186 g/mol. The fraction of sp³-hybridized carbons (Fsp3) is 0. The molecular weight excluding hydrogens is 179 g/mol. The molecular formula is C12H7FO. The largest absolute Gasteiger partial charge is 0.508 e. The lowest BCUT2D eigenvalue weighted by Crippen LogP contribution is -1.85. The van der Waals surface area contributed by atoms with Crippen LogP contribution in [0, 0.1) is 18.2 Å². The molecule has 0 radical (unpaired) electrons. The maximum atomic E-state index is 13.2. The van der Waals surface area contributed by atoms with Crippen LogP contribution in [0.3, 0.4) is 0 Å². The van der Waals surface area contributed by atoms with Crippen molar-refractivity contribution >= 4 is 10.8 Å². The Kier molecular flexibility index (Phi) is 1.86. The molecule has 0 saturated carbocycles. The Hall–Kier alpha value is -2.01. The van der Waals surface area contributed by atoms with E-state index >= 15 is 0 Å². The molecule has 0 amide bonds. The van der Waals surface area contributed by atoms with Gasteiger partial charge in [0, 0.05) is 5.39 Å². The quantitative estimate of drug-likeness (QED) is 0.627. The molecule has 0 aliphatic rings. The van der Waals surface area contributed by atoms with E-state index in [9.17, 15) is 9.50 Å². The SMILES string of the molecule is C#Cc1c(F)ccc2cc(O)ccc12. The van der Waals surface area contributed by atoms with Crippen molar-refractivity contribution in [2.75, 3.05) is 0 Å². The summed E-state index contributed by atoms with van der Waals surface area (Å²) in [6, 6.07) is 7.54. The van der Waals surface area contributed by atoms with Crippen molar-refractivity contribution in [3.05, 3.63) is 41.7 Å². The van der Waals surface area contributed by atoms with Gasteiger partial charge in [-0.05, 0) is 29.7 Å². The van der Waals surface area contributed by atoms with Crippen molar-refractivity contribution in [3.8, 4) is 18.1 Å². The van der Waals surface area contributed by atoms with Gasteiger partial charge >= 0.3 is 0 Å². The summed E-state index contributed by atoms with van der Waals surface area (Å²) in [7, 11) is 0. The van der Waals surface area contributed by atoms with Gasteiger partial charge in [0.2, 0.25) is 0 Å². The lowest BCUT2D eigenvalue weighted by atomic mass is 10.0. The number of halogens is 1. The van der Waals surface area contributed by atoms with Crippen LogP contribution in [-0.2, 0) is 0 Å². The third kappa shape index (κ3) is 1.20. The number of terminal acetylenes is 1. The highest BCUT2D eigenvalue weighted by molar-refractivity contribution is 5.89. The number of rotatable bonds is 0. The van der Waals surface area contributed by atoms with Crippen molar-refractivity contribution < 1.29 is 9.50 Å². The molecule has 0 aliphatic heterocycles. The van der Waals surface area contributed by atoms with Crippen LogP contribution in [0.25, 0.3) is 10.8 Å². The zero-order valence-electron chi connectivity index (χ0n) is 7.29. The molecule has 0 unspecified atom stereocenters. The van der Waals surface area contributed by atoms with Crippen LogP contribution >= 0.6 is 0 Å². The van der Waals surface area contributed by atoms with E-state index in [1.165, 1.54) is 12.1 Å². The average molecular weight is 186 g/mol. The predicted molar refractivity (Wildman–Crippen MR) is 53.5 cm³/mol. The highest BCUT2D eigenvalue weighted by atomic mass is 19.1. The first-order chi connectivity index (χ1) is 6.72. The van der Waals surface area contributed by atoms with Gasteiger partial charge in [0.1, 0.15) is 11.6 Å². The topological polar surface area (TPSA) is 20.2 Å². The molecule has 1 nitrogen and oxygen atoms in total.